The summed E-state index contributed by atoms with van der Waals surface area (Å²) in [5.74, 6) is 1.89. The van der Waals surface area contributed by atoms with E-state index in [0.717, 1.165) is 22.6 Å². The zero-order valence-corrected chi connectivity index (χ0v) is 20.2. The molecule has 5 aromatic rings. The molecule has 0 bridgehead atoms. The molecule has 3 heterocycles. The number of aromatic nitrogens is 5. The van der Waals surface area contributed by atoms with Crippen molar-refractivity contribution in [1.29, 1.82) is 0 Å². The molecule has 9 nitrogen and oxygen atoms in total. The number of hydrogen-bond donors (Lipinski definition) is 1. The van der Waals surface area contributed by atoms with Crippen LogP contribution < -0.4 is 10.1 Å². The molecule has 10 heteroatoms. The average molecular weight is 499 g/mol. The van der Waals surface area contributed by atoms with Crippen molar-refractivity contribution in [2.24, 2.45) is 0 Å². The van der Waals surface area contributed by atoms with Gasteiger partial charge in [-0.15, -0.1) is 10.2 Å². The number of rotatable bonds is 9. The Labute approximate surface area is 211 Å². The lowest BCUT2D eigenvalue weighted by molar-refractivity contribution is 0.0946. The van der Waals surface area contributed by atoms with Gasteiger partial charge >= 0.3 is 0 Å². The maximum atomic E-state index is 12.5. The van der Waals surface area contributed by atoms with Crippen LogP contribution in [0.4, 0.5) is 0 Å². The first-order valence-electron chi connectivity index (χ1n) is 11.1. The molecule has 0 aliphatic carbocycles. The zero-order valence-electron chi connectivity index (χ0n) is 19.4. The fourth-order valence-corrected chi connectivity index (χ4v) is 4.31. The summed E-state index contributed by atoms with van der Waals surface area (Å²) in [6.45, 7) is 0.358. The second-order valence-corrected chi connectivity index (χ2v) is 8.61. The van der Waals surface area contributed by atoms with Gasteiger partial charge in [0.1, 0.15) is 12.0 Å². The van der Waals surface area contributed by atoms with E-state index in [1.165, 1.54) is 18.0 Å². The van der Waals surface area contributed by atoms with E-state index >= 15 is 0 Å². The van der Waals surface area contributed by atoms with Gasteiger partial charge in [-0.1, -0.05) is 48.2 Å². The zero-order chi connectivity index (χ0) is 24.7. The number of carbonyl (C=O) groups is 1. The Bertz CT molecular complexity index is 1450. The predicted molar refractivity (Wildman–Crippen MR) is 135 cm³/mol. The number of carbonyl (C=O) groups excluding carboxylic acids is 1. The van der Waals surface area contributed by atoms with E-state index < -0.39 is 0 Å². The molecule has 2 aromatic carbocycles. The molecule has 1 amide bonds. The molecule has 0 atom stereocenters. The average Bonchev–Trinajstić information content (AvgIpc) is 3.59. The van der Waals surface area contributed by atoms with E-state index in [0.29, 0.717) is 29.2 Å². The van der Waals surface area contributed by atoms with Crippen LogP contribution in [0.2, 0.25) is 0 Å². The van der Waals surface area contributed by atoms with E-state index in [2.05, 4.69) is 25.5 Å². The number of benzene rings is 2. The number of oxazole rings is 1. The number of methoxy groups -OCH3 is 1. The summed E-state index contributed by atoms with van der Waals surface area (Å²) in [6, 6.07) is 21.3. The Morgan fingerprint density at radius 3 is 2.78 bits per heavy atom. The molecular weight excluding hydrogens is 476 g/mol. The van der Waals surface area contributed by atoms with E-state index in [1.807, 2.05) is 71.3 Å². The van der Waals surface area contributed by atoms with Gasteiger partial charge < -0.3 is 14.5 Å². The number of nitrogens with zero attached hydrogens (tertiary/aromatic N) is 5. The van der Waals surface area contributed by atoms with Crippen molar-refractivity contribution in [2.45, 2.75) is 17.5 Å². The highest BCUT2D eigenvalue weighted by Crippen LogP contribution is 2.31. The highest BCUT2D eigenvalue weighted by Gasteiger charge is 2.18. The van der Waals surface area contributed by atoms with Crippen molar-refractivity contribution < 1.29 is 13.9 Å². The lowest BCUT2D eigenvalue weighted by Gasteiger charge is -2.10. The van der Waals surface area contributed by atoms with Crippen molar-refractivity contribution in [3.05, 3.63) is 103 Å². The summed E-state index contributed by atoms with van der Waals surface area (Å²) >= 11 is 1.42. The van der Waals surface area contributed by atoms with Crippen LogP contribution in [0.3, 0.4) is 0 Å². The number of pyridine rings is 1. The normalized spacial score (nSPS) is 10.8. The number of para-hydroxylation sites is 1. The smallest absolute Gasteiger partial charge is 0.273 e. The Kier molecular flexibility index (Phi) is 7.04. The van der Waals surface area contributed by atoms with Crippen LogP contribution in [0.25, 0.3) is 17.1 Å². The molecule has 0 spiro atoms. The summed E-state index contributed by atoms with van der Waals surface area (Å²) in [7, 11) is 1.63. The van der Waals surface area contributed by atoms with Crippen molar-refractivity contribution in [3.63, 3.8) is 0 Å². The number of thioether (sulfide) groups is 1. The molecule has 0 fully saturated rings. The first-order valence-corrected chi connectivity index (χ1v) is 12.1. The fraction of sp³-hybridized carbons (Fsp3) is 0.115. The van der Waals surface area contributed by atoms with Gasteiger partial charge in [0.05, 0.1) is 12.9 Å². The maximum Gasteiger partial charge on any atom is 0.273 e. The SMILES string of the molecule is COc1cccc(-c2nnc(SCc3nc(C(=O)NCc4cccnc4)co3)n2-c2ccccc2)c1. The van der Waals surface area contributed by atoms with E-state index in [1.54, 1.807) is 19.5 Å². The highest BCUT2D eigenvalue weighted by molar-refractivity contribution is 7.98. The molecule has 0 aliphatic heterocycles. The largest absolute Gasteiger partial charge is 0.497 e. The van der Waals surface area contributed by atoms with Gasteiger partial charge in [0.15, 0.2) is 16.7 Å². The second-order valence-electron chi connectivity index (χ2n) is 7.67. The third kappa shape index (κ3) is 5.28. The molecule has 180 valence electrons. The van der Waals surface area contributed by atoms with Crippen molar-refractivity contribution in [1.82, 2.24) is 30.0 Å². The molecule has 36 heavy (non-hydrogen) atoms. The first-order chi connectivity index (χ1) is 17.7. The van der Waals surface area contributed by atoms with Gasteiger partial charge in [-0.05, 0) is 35.9 Å². The standard InChI is InChI=1S/C26H22N6O3S/c1-34-21-11-5-8-19(13-21)24-30-31-26(32(24)20-9-3-2-4-10-20)36-17-23-29-22(16-35-23)25(33)28-15-18-7-6-12-27-14-18/h2-14,16H,15,17H2,1H3,(H,28,33). The van der Waals surface area contributed by atoms with Crippen molar-refractivity contribution >= 4 is 17.7 Å². The molecule has 1 N–H and O–H groups in total. The third-order valence-electron chi connectivity index (χ3n) is 5.26. The highest BCUT2D eigenvalue weighted by atomic mass is 32.2. The molecule has 0 unspecified atom stereocenters. The number of nitrogens with one attached hydrogen (secondary N) is 1. The second kappa shape index (κ2) is 10.9. The Morgan fingerprint density at radius 1 is 1.08 bits per heavy atom. The number of hydrogen-bond acceptors (Lipinski definition) is 8. The minimum Gasteiger partial charge on any atom is -0.497 e. The molecule has 0 aliphatic rings. The van der Waals surface area contributed by atoms with Gasteiger partial charge in [-0.25, -0.2) is 4.98 Å². The van der Waals surface area contributed by atoms with Crippen LogP contribution in [0, 0.1) is 0 Å². The minimum absolute atomic E-state index is 0.219. The number of ether oxygens (including phenoxy) is 1. The van der Waals surface area contributed by atoms with E-state index in [-0.39, 0.29) is 11.6 Å². The maximum absolute atomic E-state index is 12.5. The van der Waals surface area contributed by atoms with E-state index in [4.69, 9.17) is 9.15 Å². The monoisotopic (exact) mass is 498 g/mol. The quantitative estimate of drug-likeness (QED) is 0.295. The fourth-order valence-electron chi connectivity index (χ4n) is 3.51. The van der Waals surface area contributed by atoms with E-state index in [9.17, 15) is 4.79 Å². The molecular formula is C26H22N6O3S. The summed E-state index contributed by atoms with van der Waals surface area (Å²) in [4.78, 5) is 20.8. The molecule has 0 saturated heterocycles. The summed E-state index contributed by atoms with van der Waals surface area (Å²) in [5, 5.41) is 12.4. The Balaban J connectivity index is 1.33. The molecule has 3 aromatic heterocycles. The topological polar surface area (TPSA) is 108 Å². The van der Waals surface area contributed by atoms with Crippen LogP contribution >= 0.6 is 11.8 Å². The summed E-state index contributed by atoms with van der Waals surface area (Å²) in [6.07, 6.45) is 4.75. The lowest BCUT2D eigenvalue weighted by Crippen LogP contribution is -2.23. The van der Waals surface area contributed by atoms with Gasteiger partial charge in [-0.3, -0.25) is 14.3 Å². The summed E-state index contributed by atoms with van der Waals surface area (Å²) in [5.41, 5.74) is 2.92. The van der Waals surface area contributed by atoms with Crippen molar-refractivity contribution in [2.75, 3.05) is 7.11 Å². The minimum atomic E-state index is -0.313. The Morgan fingerprint density at radius 2 is 1.97 bits per heavy atom. The molecule has 5 rings (SSSR count). The van der Waals surface area contributed by atoms with Gasteiger partial charge in [0.25, 0.3) is 5.91 Å². The van der Waals surface area contributed by atoms with Crippen LogP contribution in [0.1, 0.15) is 21.9 Å². The number of amides is 1. The first kappa shape index (κ1) is 23.3. The molecule has 0 saturated carbocycles. The van der Waals surface area contributed by atoms with Gasteiger partial charge in [0, 0.05) is 30.2 Å². The van der Waals surface area contributed by atoms with Crippen LogP contribution in [0.15, 0.2) is 95.0 Å². The van der Waals surface area contributed by atoms with Crippen LogP contribution in [-0.2, 0) is 12.3 Å². The predicted octanol–water partition coefficient (Wildman–Crippen LogP) is 4.55. The van der Waals surface area contributed by atoms with Crippen LogP contribution in [0.5, 0.6) is 5.75 Å². The van der Waals surface area contributed by atoms with Gasteiger partial charge in [-0.2, -0.15) is 0 Å². The van der Waals surface area contributed by atoms with Crippen LogP contribution in [-0.4, -0.2) is 37.7 Å². The third-order valence-corrected chi connectivity index (χ3v) is 6.17. The molecule has 0 radical (unpaired) electrons. The Hall–Kier alpha value is -4.44. The van der Waals surface area contributed by atoms with Gasteiger partial charge in [0.2, 0.25) is 5.89 Å². The van der Waals surface area contributed by atoms with Crippen molar-refractivity contribution in [3.8, 4) is 22.8 Å². The summed E-state index contributed by atoms with van der Waals surface area (Å²) < 4.78 is 12.9. The lowest BCUT2D eigenvalue weighted by atomic mass is 10.2.